The van der Waals surface area contributed by atoms with Gasteiger partial charge in [0, 0.05) is 12.1 Å². The van der Waals surface area contributed by atoms with Gasteiger partial charge in [-0.25, -0.2) is 0 Å². The van der Waals surface area contributed by atoms with Gasteiger partial charge in [-0.15, -0.1) is 0 Å². The summed E-state index contributed by atoms with van der Waals surface area (Å²) in [4.78, 5) is 2.47. The molecule has 1 saturated heterocycles. The van der Waals surface area contributed by atoms with Crippen LogP contribution in [0.5, 0.6) is 17.2 Å². The van der Waals surface area contributed by atoms with Gasteiger partial charge in [0.25, 0.3) is 0 Å². The summed E-state index contributed by atoms with van der Waals surface area (Å²) in [6.07, 6.45) is 3.10. The second kappa shape index (κ2) is 11.7. The van der Waals surface area contributed by atoms with Gasteiger partial charge in [-0.1, -0.05) is 48.9 Å². The highest BCUT2D eigenvalue weighted by molar-refractivity contribution is 5.93. The van der Waals surface area contributed by atoms with E-state index in [9.17, 15) is 5.11 Å². The van der Waals surface area contributed by atoms with Gasteiger partial charge < -0.3 is 19.3 Å². The predicted octanol–water partition coefficient (Wildman–Crippen LogP) is 6.47. The monoisotopic (exact) mass is 497 g/mol. The van der Waals surface area contributed by atoms with Crippen LogP contribution in [0.15, 0.2) is 78.9 Å². The van der Waals surface area contributed by atoms with Crippen LogP contribution in [-0.2, 0) is 0 Å². The summed E-state index contributed by atoms with van der Waals surface area (Å²) >= 11 is 0. The van der Waals surface area contributed by atoms with Crippen LogP contribution in [-0.4, -0.2) is 50.5 Å². The fourth-order valence-corrected chi connectivity index (χ4v) is 5.16. The Labute approximate surface area is 219 Å². The molecular formula is C32H35NO4. The molecule has 4 aromatic rings. The molecule has 4 aromatic carbocycles. The zero-order valence-corrected chi connectivity index (χ0v) is 21.7. The van der Waals surface area contributed by atoms with Crippen LogP contribution in [0.25, 0.3) is 21.9 Å². The van der Waals surface area contributed by atoms with Gasteiger partial charge in [0.05, 0.1) is 14.2 Å². The molecule has 0 saturated carbocycles. The molecule has 192 valence electrons. The summed E-state index contributed by atoms with van der Waals surface area (Å²) in [6.45, 7) is 3.97. The molecule has 0 aromatic heterocycles. The molecule has 5 heteroatoms. The topological polar surface area (TPSA) is 51.2 Å². The highest BCUT2D eigenvalue weighted by atomic mass is 16.5. The van der Waals surface area contributed by atoms with Gasteiger partial charge in [0.15, 0.2) is 0 Å². The Bertz CT molecular complexity index is 1310. The lowest BCUT2D eigenvalue weighted by molar-refractivity contribution is 0.183. The minimum absolute atomic E-state index is 0.675. The smallest absolute Gasteiger partial charge is 0.119 e. The van der Waals surface area contributed by atoms with Crippen molar-refractivity contribution in [3.63, 3.8) is 0 Å². The molecule has 1 aliphatic rings. The SMILES string of the molecule is COc1ccc(-c2ccc3cc(OC)ccc3c2C(O)c2ccc(OCCN3CCCCC3)cc2)cc1. The first-order valence-corrected chi connectivity index (χ1v) is 13.0. The van der Waals surface area contributed by atoms with Crippen LogP contribution in [0.4, 0.5) is 0 Å². The molecule has 0 amide bonds. The lowest BCUT2D eigenvalue weighted by atomic mass is 9.88. The molecule has 1 N–H and O–H groups in total. The quantitative estimate of drug-likeness (QED) is 0.287. The Hall–Kier alpha value is -3.54. The summed E-state index contributed by atoms with van der Waals surface area (Å²) < 4.78 is 16.8. The molecular weight excluding hydrogens is 462 g/mol. The van der Waals surface area contributed by atoms with Crippen LogP contribution in [0.3, 0.4) is 0 Å². The number of rotatable bonds is 9. The fourth-order valence-electron chi connectivity index (χ4n) is 5.16. The fraction of sp³-hybridized carbons (Fsp3) is 0.312. The molecule has 0 radical (unpaired) electrons. The van der Waals surface area contributed by atoms with Gasteiger partial charge in [-0.3, -0.25) is 4.90 Å². The van der Waals surface area contributed by atoms with Crippen LogP contribution < -0.4 is 14.2 Å². The van der Waals surface area contributed by atoms with Crippen molar-refractivity contribution >= 4 is 10.8 Å². The summed E-state index contributed by atoms with van der Waals surface area (Å²) in [5, 5.41) is 13.7. The third-order valence-electron chi connectivity index (χ3n) is 7.26. The van der Waals surface area contributed by atoms with Crippen molar-refractivity contribution in [2.24, 2.45) is 0 Å². The molecule has 5 rings (SSSR count). The summed E-state index contributed by atoms with van der Waals surface area (Å²) in [7, 11) is 3.33. The Morgan fingerprint density at radius 3 is 2.14 bits per heavy atom. The lowest BCUT2D eigenvalue weighted by Crippen LogP contribution is -2.33. The molecule has 37 heavy (non-hydrogen) atoms. The molecule has 1 heterocycles. The molecule has 1 fully saturated rings. The predicted molar refractivity (Wildman–Crippen MR) is 149 cm³/mol. The highest BCUT2D eigenvalue weighted by Gasteiger charge is 2.20. The van der Waals surface area contributed by atoms with Gasteiger partial charge >= 0.3 is 0 Å². The maximum Gasteiger partial charge on any atom is 0.119 e. The van der Waals surface area contributed by atoms with Gasteiger partial charge in [-0.2, -0.15) is 0 Å². The average molecular weight is 498 g/mol. The van der Waals surface area contributed by atoms with Crippen molar-refractivity contribution in [2.75, 3.05) is 40.5 Å². The van der Waals surface area contributed by atoms with E-state index in [0.717, 1.165) is 56.8 Å². The Morgan fingerprint density at radius 2 is 1.43 bits per heavy atom. The van der Waals surface area contributed by atoms with Crippen LogP contribution in [0.1, 0.15) is 36.5 Å². The zero-order valence-electron chi connectivity index (χ0n) is 21.7. The summed E-state index contributed by atoms with van der Waals surface area (Å²) in [6, 6.07) is 25.9. The minimum Gasteiger partial charge on any atom is -0.497 e. The summed E-state index contributed by atoms with van der Waals surface area (Å²) in [5.41, 5.74) is 3.69. The molecule has 1 aliphatic heterocycles. The number of methoxy groups -OCH3 is 2. The second-order valence-corrected chi connectivity index (χ2v) is 9.56. The first-order valence-electron chi connectivity index (χ1n) is 13.0. The maximum atomic E-state index is 11.7. The third-order valence-corrected chi connectivity index (χ3v) is 7.26. The van der Waals surface area contributed by atoms with Crippen molar-refractivity contribution < 1.29 is 19.3 Å². The van der Waals surface area contributed by atoms with Gasteiger partial charge in [-0.05, 0) is 89.8 Å². The van der Waals surface area contributed by atoms with E-state index in [4.69, 9.17) is 14.2 Å². The normalized spacial score (nSPS) is 14.9. The first-order chi connectivity index (χ1) is 18.2. The maximum absolute atomic E-state index is 11.7. The van der Waals surface area contributed by atoms with Crippen LogP contribution in [0.2, 0.25) is 0 Å². The highest BCUT2D eigenvalue weighted by Crippen LogP contribution is 2.39. The first kappa shape index (κ1) is 25.1. The third kappa shape index (κ3) is 5.74. The number of piperidine rings is 1. The van der Waals surface area contributed by atoms with Crippen molar-refractivity contribution in [3.8, 4) is 28.4 Å². The number of hydrogen-bond donors (Lipinski definition) is 1. The van der Waals surface area contributed by atoms with Crippen LogP contribution in [0, 0.1) is 0 Å². The Morgan fingerprint density at radius 1 is 0.757 bits per heavy atom. The number of aliphatic hydroxyl groups excluding tert-OH is 1. The van der Waals surface area contributed by atoms with Gasteiger partial charge in [0.2, 0.25) is 0 Å². The van der Waals surface area contributed by atoms with E-state index in [-0.39, 0.29) is 0 Å². The van der Waals surface area contributed by atoms with Crippen molar-refractivity contribution in [1.29, 1.82) is 0 Å². The number of aliphatic hydroxyl groups is 1. The second-order valence-electron chi connectivity index (χ2n) is 9.56. The molecule has 0 bridgehead atoms. The number of fused-ring (bicyclic) bond motifs is 1. The molecule has 1 atom stereocenters. The minimum atomic E-state index is -0.809. The Kier molecular flexibility index (Phi) is 7.93. The van der Waals surface area contributed by atoms with E-state index < -0.39 is 6.10 Å². The van der Waals surface area contributed by atoms with Crippen molar-refractivity contribution in [3.05, 3.63) is 90.0 Å². The van der Waals surface area contributed by atoms with E-state index in [1.807, 2.05) is 66.7 Å². The molecule has 0 spiro atoms. The number of likely N-dealkylation sites (tertiary alicyclic amines) is 1. The number of nitrogens with zero attached hydrogens (tertiary/aromatic N) is 1. The zero-order chi connectivity index (χ0) is 25.6. The molecule has 5 nitrogen and oxygen atoms in total. The number of hydrogen-bond acceptors (Lipinski definition) is 5. The van der Waals surface area contributed by atoms with Crippen molar-refractivity contribution in [2.45, 2.75) is 25.4 Å². The molecule has 0 aliphatic carbocycles. The van der Waals surface area contributed by atoms with E-state index in [1.165, 1.54) is 32.4 Å². The summed E-state index contributed by atoms with van der Waals surface area (Å²) in [5.74, 6) is 2.41. The van der Waals surface area contributed by atoms with E-state index in [2.05, 4.69) is 17.0 Å². The standard InChI is InChI=1S/C32H35NO4/c1-35-26-11-6-23(7-12-26)29-16-10-25-22-28(36-2)15-17-30(25)31(29)32(34)24-8-13-27(14-9-24)37-21-20-33-18-4-3-5-19-33/h6-17,22,32,34H,3-5,18-21H2,1-2H3. The van der Waals surface area contributed by atoms with E-state index in [1.54, 1.807) is 14.2 Å². The largest absolute Gasteiger partial charge is 0.497 e. The van der Waals surface area contributed by atoms with Crippen LogP contribution >= 0.6 is 0 Å². The average Bonchev–Trinajstić information content (AvgIpc) is 2.97. The lowest BCUT2D eigenvalue weighted by Gasteiger charge is -2.26. The number of ether oxygens (including phenoxy) is 3. The van der Waals surface area contributed by atoms with E-state index in [0.29, 0.717) is 6.61 Å². The number of benzene rings is 4. The van der Waals surface area contributed by atoms with Crippen molar-refractivity contribution in [1.82, 2.24) is 4.90 Å². The molecule has 1 unspecified atom stereocenters. The van der Waals surface area contributed by atoms with E-state index >= 15 is 0 Å². The Balaban J connectivity index is 1.42. The van der Waals surface area contributed by atoms with Gasteiger partial charge in [0.1, 0.15) is 30.0 Å².